The molecule has 0 radical (unpaired) electrons. The van der Waals surface area contributed by atoms with Gasteiger partial charge in [-0.25, -0.2) is 0 Å². The van der Waals surface area contributed by atoms with Crippen LogP contribution in [0.25, 0.3) is 0 Å². The van der Waals surface area contributed by atoms with Crippen LogP contribution in [-0.4, -0.2) is 29.1 Å². The van der Waals surface area contributed by atoms with Gasteiger partial charge in [-0.15, -0.1) is 0 Å². The lowest BCUT2D eigenvalue weighted by Gasteiger charge is -2.32. The molecule has 0 bridgehead atoms. The number of carboxylic acids is 1. The van der Waals surface area contributed by atoms with Crippen LogP contribution in [0.15, 0.2) is 18.2 Å². The Bertz CT molecular complexity index is 445. The topological polar surface area (TPSA) is 40.5 Å². The minimum Gasteiger partial charge on any atom is -0.480 e. The maximum absolute atomic E-state index is 11.5. The van der Waals surface area contributed by atoms with E-state index in [4.69, 9.17) is 23.2 Å². The molecule has 1 aromatic carbocycles. The summed E-state index contributed by atoms with van der Waals surface area (Å²) in [4.78, 5) is 13.5. The third-order valence-electron chi connectivity index (χ3n) is 3.25. The van der Waals surface area contributed by atoms with Crippen molar-refractivity contribution in [2.75, 3.05) is 13.1 Å². The van der Waals surface area contributed by atoms with Gasteiger partial charge in [0.05, 0.1) is 10.0 Å². The molecular weight excluding hydrogens is 273 g/mol. The predicted molar refractivity (Wildman–Crippen MR) is 72.3 cm³/mol. The van der Waals surface area contributed by atoms with Gasteiger partial charge in [-0.1, -0.05) is 35.7 Å². The molecule has 1 aliphatic heterocycles. The van der Waals surface area contributed by atoms with Crippen molar-refractivity contribution < 1.29 is 9.90 Å². The quantitative estimate of drug-likeness (QED) is 0.923. The molecule has 0 aromatic heterocycles. The first-order valence-corrected chi connectivity index (χ1v) is 6.77. The SMILES string of the molecule is O=C(O)C(c1ccc(Cl)c(Cl)c1)N1CCCCC1. The fourth-order valence-electron chi connectivity index (χ4n) is 2.37. The molecule has 2 rings (SSSR count). The van der Waals surface area contributed by atoms with E-state index in [0.29, 0.717) is 15.6 Å². The highest BCUT2D eigenvalue weighted by atomic mass is 35.5. The number of piperidine rings is 1. The summed E-state index contributed by atoms with van der Waals surface area (Å²) in [5.74, 6) is -0.838. The van der Waals surface area contributed by atoms with Gasteiger partial charge in [0.15, 0.2) is 0 Å². The minimum atomic E-state index is -0.838. The van der Waals surface area contributed by atoms with E-state index in [-0.39, 0.29) is 0 Å². The van der Waals surface area contributed by atoms with Crippen LogP contribution >= 0.6 is 23.2 Å². The number of hydrogen-bond donors (Lipinski definition) is 1. The second-order valence-corrected chi connectivity index (χ2v) is 5.33. The fourth-order valence-corrected chi connectivity index (χ4v) is 2.68. The Balaban J connectivity index is 2.28. The molecule has 0 spiro atoms. The molecule has 1 N–H and O–H groups in total. The Morgan fingerprint density at radius 3 is 2.39 bits per heavy atom. The van der Waals surface area contributed by atoms with Gasteiger partial charge in [-0.3, -0.25) is 9.69 Å². The number of likely N-dealkylation sites (tertiary alicyclic amines) is 1. The molecule has 1 heterocycles. The number of carboxylic acid groups (broad SMARTS) is 1. The van der Waals surface area contributed by atoms with Gasteiger partial charge >= 0.3 is 5.97 Å². The van der Waals surface area contributed by atoms with E-state index in [1.54, 1.807) is 18.2 Å². The van der Waals surface area contributed by atoms with Crippen LogP contribution in [0.4, 0.5) is 0 Å². The van der Waals surface area contributed by atoms with E-state index in [9.17, 15) is 9.90 Å². The standard InChI is InChI=1S/C13H15Cl2NO2/c14-10-5-4-9(8-11(10)15)12(13(17)18)16-6-2-1-3-7-16/h4-5,8,12H,1-3,6-7H2,(H,17,18). The summed E-state index contributed by atoms with van der Waals surface area (Å²) in [6, 6.07) is 4.41. The normalized spacial score (nSPS) is 18.6. The molecule has 5 heteroatoms. The maximum atomic E-state index is 11.5. The van der Waals surface area contributed by atoms with Crippen molar-refractivity contribution in [2.45, 2.75) is 25.3 Å². The lowest BCUT2D eigenvalue weighted by molar-refractivity contribution is -0.144. The molecule has 3 nitrogen and oxygen atoms in total. The highest BCUT2D eigenvalue weighted by molar-refractivity contribution is 6.42. The van der Waals surface area contributed by atoms with Crippen molar-refractivity contribution in [2.24, 2.45) is 0 Å². The third kappa shape index (κ3) is 2.97. The van der Waals surface area contributed by atoms with Gasteiger partial charge in [-0.2, -0.15) is 0 Å². The molecular formula is C13H15Cl2NO2. The van der Waals surface area contributed by atoms with Crippen molar-refractivity contribution >= 4 is 29.2 Å². The molecule has 0 saturated carbocycles. The van der Waals surface area contributed by atoms with Gasteiger partial charge in [0, 0.05) is 0 Å². The van der Waals surface area contributed by atoms with Gasteiger partial charge < -0.3 is 5.11 Å². The van der Waals surface area contributed by atoms with E-state index in [0.717, 1.165) is 25.9 Å². The maximum Gasteiger partial charge on any atom is 0.325 e. The lowest BCUT2D eigenvalue weighted by Crippen LogP contribution is -2.37. The number of hydrogen-bond acceptors (Lipinski definition) is 2. The van der Waals surface area contributed by atoms with E-state index in [2.05, 4.69) is 0 Å². The Kier molecular flexibility index (Phi) is 4.49. The Labute approximate surface area is 116 Å². The molecule has 18 heavy (non-hydrogen) atoms. The molecule has 1 atom stereocenters. The third-order valence-corrected chi connectivity index (χ3v) is 3.99. The molecule has 98 valence electrons. The molecule has 1 saturated heterocycles. The second kappa shape index (κ2) is 5.91. The second-order valence-electron chi connectivity index (χ2n) is 4.51. The average molecular weight is 288 g/mol. The molecule has 1 unspecified atom stereocenters. The summed E-state index contributed by atoms with van der Waals surface area (Å²) in [6.07, 6.45) is 3.26. The molecule has 0 amide bonds. The van der Waals surface area contributed by atoms with Gasteiger partial charge in [0.2, 0.25) is 0 Å². The number of rotatable bonds is 3. The monoisotopic (exact) mass is 287 g/mol. The lowest BCUT2D eigenvalue weighted by atomic mass is 10.0. The van der Waals surface area contributed by atoms with E-state index < -0.39 is 12.0 Å². The summed E-state index contributed by atoms with van der Waals surface area (Å²) in [6.45, 7) is 1.63. The molecule has 1 aromatic rings. The number of benzene rings is 1. The van der Waals surface area contributed by atoms with Crippen molar-refractivity contribution in [3.8, 4) is 0 Å². The summed E-state index contributed by atoms with van der Waals surface area (Å²) >= 11 is 11.8. The van der Waals surface area contributed by atoms with Crippen LogP contribution in [0.2, 0.25) is 10.0 Å². The summed E-state index contributed by atoms with van der Waals surface area (Å²) < 4.78 is 0. The number of nitrogens with zero attached hydrogens (tertiary/aromatic N) is 1. The van der Waals surface area contributed by atoms with Crippen molar-refractivity contribution in [1.82, 2.24) is 4.90 Å². The zero-order valence-electron chi connectivity index (χ0n) is 9.90. The summed E-state index contributed by atoms with van der Waals surface area (Å²) in [5, 5.41) is 10.3. The zero-order chi connectivity index (χ0) is 13.1. The van der Waals surface area contributed by atoms with Crippen molar-refractivity contribution in [1.29, 1.82) is 0 Å². The first-order chi connectivity index (χ1) is 8.59. The van der Waals surface area contributed by atoms with Crippen molar-refractivity contribution in [3.05, 3.63) is 33.8 Å². The van der Waals surface area contributed by atoms with E-state index >= 15 is 0 Å². The van der Waals surface area contributed by atoms with Crippen LogP contribution in [0.1, 0.15) is 30.9 Å². The average Bonchev–Trinajstić information content (AvgIpc) is 2.35. The number of aliphatic carboxylic acids is 1. The Morgan fingerprint density at radius 1 is 1.17 bits per heavy atom. The largest absolute Gasteiger partial charge is 0.480 e. The van der Waals surface area contributed by atoms with E-state index in [1.165, 1.54) is 6.42 Å². The Morgan fingerprint density at radius 2 is 1.83 bits per heavy atom. The number of halogens is 2. The highest BCUT2D eigenvalue weighted by Gasteiger charge is 2.28. The zero-order valence-corrected chi connectivity index (χ0v) is 11.4. The summed E-state index contributed by atoms with van der Waals surface area (Å²) in [7, 11) is 0. The van der Waals surface area contributed by atoms with Crippen LogP contribution in [0.3, 0.4) is 0 Å². The fraction of sp³-hybridized carbons (Fsp3) is 0.462. The minimum absolute atomic E-state index is 0.400. The Hall–Kier alpha value is -0.770. The first kappa shape index (κ1) is 13.7. The molecule has 1 fully saturated rings. The number of carbonyl (C=O) groups is 1. The summed E-state index contributed by atoms with van der Waals surface area (Å²) in [5.41, 5.74) is 0.693. The van der Waals surface area contributed by atoms with Crippen LogP contribution in [0, 0.1) is 0 Å². The van der Waals surface area contributed by atoms with E-state index in [1.807, 2.05) is 4.90 Å². The smallest absolute Gasteiger partial charge is 0.325 e. The first-order valence-electron chi connectivity index (χ1n) is 6.01. The molecule has 1 aliphatic rings. The van der Waals surface area contributed by atoms with Gasteiger partial charge in [0.25, 0.3) is 0 Å². The van der Waals surface area contributed by atoms with Crippen molar-refractivity contribution in [3.63, 3.8) is 0 Å². The highest BCUT2D eigenvalue weighted by Crippen LogP contribution is 2.30. The van der Waals surface area contributed by atoms with Crippen LogP contribution < -0.4 is 0 Å². The molecule has 0 aliphatic carbocycles. The van der Waals surface area contributed by atoms with Crippen LogP contribution in [-0.2, 0) is 4.79 Å². The van der Waals surface area contributed by atoms with Gasteiger partial charge in [-0.05, 0) is 43.6 Å². The predicted octanol–water partition coefficient (Wildman–Crippen LogP) is 3.61. The van der Waals surface area contributed by atoms with Crippen LogP contribution in [0.5, 0.6) is 0 Å². The van der Waals surface area contributed by atoms with Gasteiger partial charge in [0.1, 0.15) is 6.04 Å².